The van der Waals surface area contributed by atoms with Crippen LogP contribution in [0.3, 0.4) is 0 Å². The lowest BCUT2D eigenvalue weighted by atomic mass is 10.0. The Hall–Kier alpha value is -0.790. The Kier molecular flexibility index (Phi) is 5.23. The van der Waals surface area contributed by atoms with Crippen molar-refractivity contribution in [2.45, 2.75) is 26.7 Å². The van der Waals surface area contributed by atoms with Crippen molar-refractivity contribution in [1.82, 2.24) is 4.98 Å². The lowest BCUT2D eigenvalue weighted by molar-refractivity contribution is -0.142. The van der Waals surface area contributed by atoms with Crippen molar-refractivity contribution >= 4 is 28.6 Å². The first-order valence-electron chi connectivity index (χ1n) is 5.05. The van der Waals surface area contributed by atoms with Crippen LogP contribution in [0.5, 0.6) is 0 Å². The second-order valence-corrected chi connectivity index (χ2v) is 4.49. The van der Waals surface area contributed by atoms with Gasteiger partial charge in [-0.2, -0.15) is 0 Å². The number of rotatable bonds is 4. The zero-order valence-corrected chi connectivity index (χ0v) is 11.6. The molecular weight excluding hydrogens is 343 g/mol. The maximum Gasteiger partial charge on any atom is 0.310 e. The summed E-state index contributed by atoms with van der Waals surface area (Å²) in [5.74, 6) is -0.504. The molecule has 0 bridgehead atoms. The second-order valence-electron chi connectivity index (χ2n) is 3.39. The Labute approximate surface area is 112 Å². The van der Waals surface area contributed by atoms with E-state index < -0.39 is 12.4 Å². The third kappa shape index (κ3) is 3.86. The highest BCUT2D eigenvalue weighted by Crippen LogP contribution is 2.27. The molecule has 0 amide bonds. The highest BCUT2D eigenvalue weighted by Gasteiger charge is 2.20. The van der Waals surface area contributed by atoms with Crippen molar-refractivity contribution < 1.29 is 18.3 Å². The van der Waals surface area contributed by atoms with Crippen LogP contribution >= 0.6 is 22.6 Å². The topological polar surface area (TPSA) is 39.2 Å². The number of carbonyl (C=O) groups is 1. The molecule has 6 heteroatoms. The van der Waals surface area contributed by atoms with Crippen LogP contribution in [0.4, 0.5) is 8.78 Å². The fraction of sp³-hybridized carbons (Fsp3) is 0.455. The first kappa shape index (κ1) is 14.3. The van der Waals surface area contributed by atoms with Gasteiger partial charge in [0.25, 0.3) is 6.43 Å². The van der Waals surface area contributed by atoms with Crippen LogP contribution in [0.2, 0.25) is 0 Å². The molecule has 0 N–H and O–H groups in total. The molecule has 0 aliphatic rings. The number of pyridine rings is 1. The predicted octanol–water partition coefficient (Wildman–Crippen LogP) is 3.04. The van der Waals surface area contributed by atoms with Gasteiger partial charge in [-0.05, 0) is 48.1 Å². The molecule has 0 fully saturated rings. The van der Waals surface area contributed by atoms with E-state index in [4.69, 9.17) is 4.74 Å². The number of aryl methyl sites for hydroxylation is 1. The minimum atomic E-state index is -2.64. The van der Waals surface area contributed by atoms with Crippen molar-refractivity contribution in [2.75, 3.05) is 6.61 Å². The van der Waals surface area contributed by atoms with E-state index in [9.17, 15) is 13.6 Å². The molecule has 0 spiro atoms. The summed E-state index contributed by atoms with van der Waals surface area (Å²) in [5, 5.41) is 0. The van der Waals surface area contributed by atoms with Crippen LogP contribution in [-0.4, -0.2) is 17.6 Å². The SMILES string of the molecule is CCOC(=O)Cc1cc(I)nc(C)c1C(F)F. The molecule has 0 saturated heterocycles. The summed E-state index contributed by atoms with van der Waals surface area (Å²) in [6.45, 7) is 3.43. The summed E-state index contributed by atoms with van der Waals surface area (Å²) in [7, 11) is 0. The number of halogens is 3. The molecule has 1 aromatic rings. The monoisotopic (exact) mass is 355 g/mol. The maximum absolute atomic E-state index is 12.9. The van der Waals surface area contributed by atoms with Gasteiger partial charge in [0, 0.05) is 11.3 Å². The van der Waals surface area contributed by atoms with Crippen LogP contribution in [-0.2, 0) is 16.0 Å². The summed E-state index contributed by atoms with van der Waals surface area (Å²) < 4.78 is 31.1. The number of hydrogen-bond donors (Lipinski definition) is 0. The third-order valence-electron chi connectivity index (χ3n) is 2.16. The van der Waals surface area contributed by atoms with Gasteiger partial charge in [0.15, 0.2) is 0 Å². The van der Waals surface area contributed by atoms with Crippen molar-refractivity contribution in [3.8, 4) is 0 Å². The molecule has 0 saturated carbocycles. The van der Waals surface area contributed by atoms with Gasteiger partial charge in [0.1, 0.15) is 3.70 Å². The normalized spacial score (nSPS) is 10.7. The number of carbonyl (C=O) groups excluding carboxylic acids is 1. The summed E-state index contributed by atoms with van der Waals surface area (Å²) in [6.07, 6.45) is -2.78. The fourth-order valence-corrected chi connectivity index (χ4v) is 2.26. The van der Waals surface area contributed by atoms with Crippen LogP contribution in [0, 0.1) is 10.6 Å². The average molecular weight is 355 g/mol. The molecule has 17 heavy (non-hydrogen) atoms. The van der Waals surface area contributed by atoms with Gasteiger partial charge in [0.2, 0.25) is 0 Å². The average Bonchev–Trinajstić information content (AvgIpc) is 2.15. The minimum Gasteiger partial charge on any atom is -0.466 e. The lowest BCUT2D eigenvalue weighted by Gasteiger charge is -2.11. The zero-order chi connectivity index (χ0) is 13.0. The largest absolute Gasteiger partial charge is 0.466 e. The Bertz CT molecular complexity index is 424. The molecule has 1 aromatic heterocycles. The highest BCUT2D eigenvalue weighted by molar-refractivity contribution is 14.1. The van der Waals surface area contributed by atoms with Crippen LogP contribution in [0.1, 0.15) is 30.2 Å². The lowest BCUT2D eigenvalue weighted by Crippen LogP contribution is -2.11. The fourth-order valence-electron chi connectivity index (χ4n) is 1.52. The molecular formula is C11H12F2INO2. The molecule has 1 heterocycles. The molecule has 0 atom stereocenters. The predicted molar refractivity (Wildman–Crippen MR) is 67.0 cm³/mol. The van der Waals surface area contributed by atoms with E-state index in [1.807, 2.05) is 22.6 Å². The molecule has 0 aliphatic heterocycles. The molecule has 1 rings (SSSR count). The van der Waals surface area contributed by atoms with E-state index >= 15 is 0 Å². The molecule has 0 radical (unpaired) electrons. The number of hydrogen-bond acceptors (Lipinski definition) is 3. The van der Waals surface area contributed by atoms with Gasteiger partial charge in [-0.3, -0.25) is 4.79 Å². The Balaban J connectivity index is 3.08. The molecule has 0 unspecified atom stereocenters. The number of nitrogens with zero attached hydrogens (tertiary/aromatic N) is 1. The van der Waals surface area contributed by atoms with Gasteiger partial charge in [-0.15, -0.1) is 0 Å². The first-order chi connectivity index (χ1) is 7.95. The third-order valence-corrected chi connectivity index (χ3v) is 2.71. The van der Waals surface area contributed by atoms with Crippen molar-refractivity contribution in [2.24, 2.45) is 0 Å². The van der Waals surface area contributed by atoms with E-state index in [1.165, 1.54) is 13.0 Å². The standard InChI is InChI=1S/C11H12F2INO2/c1-3-17-9(16)5-7-4-8(14)15-6(2)10(7)11(12)13/h4,11H,3,5H2,1-2H3. The molecule has 0 aliphatic carbocycles. The van der Waals surface area contributed by atoms with Gasteiger partial charge in [0.05, 0.1) is 13.0 Å². The molecule has 94 valence electrons. The van der Waals surface area contributed by atoms with E-state index in [0.717, 1.165) is 0 Å². The molecule has 0 aromatic carbocycles. The van der Waals surface area contributed by atoms with Crippen LogP contribution in [0.25, 0.3) is 0 Å². The summed E-state index contributed by atoms with van der Waals surface area (Å²) in [6, 6.07) is 1.49. The second kappa shape index (κ2) is 6.23. The Morgan fingerprint density at radius 2 is 2.24 bits per heavy atom. The van der Waals surface area contributed by atoms with Crippen molar-refractivity contribution in [3.63, 3.8) is 0 Å². The Morgan fingerprint density at radius 3 is 2.76 bits per heavy atom. The van der Waals surface area contributed by atoms with Crippen molar-refractivity contribution in [1.29, 1.82) is 0 Å². The number of ether oxygens (including phenoxy) is 1. The van der Waals surface area contributed by atoms with Crippen LogP contribution in [0.15, 0.2) is 6.07 Å². The van der Waals surface area contributed by atoms with Gasteiger partial charge in [-0.1, -0.05) is 0 Å². The summed E-state index contributed by atoms with van der Waals surface area (Å²) >= 11 is 1.93. The highest BCUT2D eigenvalue weighted by atomic mass is 127. The van der Waals surface area contributed by atoms with Gasteiger partial charge in [-0.25, -0.2) is 13.8 Å². The summed E-state index contributed by atoms with van der Waals surface area (Å²) in [5.41, 5.74) is 0.375. The first-order valence-corrected chi connectivity index (χ1v) is 6.13. The molecule has 3 nitrogen and oxygen atoms in total. The van der Waals surface area contributed by atoms with E-state index in [0.29, 0.717) is 3.70 Å². The number of esters is 1. The zero-order valence-electron chi connectivity index (χ0n) is 9.47. The van der Waals surface area contributed by atoms with E-state index in [2.05, 4.69) is 4.98 Å². The maximum atomic E-state index is 12.9. The van der Waals surface area contributed by atoms with Gasteiger partial charge < -0.3 is 4.74 Å². The number of alkyl halides is 2. The van der Waals surface area contributed by atoms with Gasteiger partial charge >= 0.3 is 5.97 Å². The smallest absolute Gasteiger partial charge is 0.310 e. The minimum absolute atomic E-state index is 0.146. The Morgan fingerprint density at radius 1 is 1.59 bits per heavy atom. The van der Waals surface area contributed by atoms with E-state index in [1.54, 1.807) is 6.92 Å². The van der Waals surface area contributed by atoms with Crippen molar-refractivity contribution in [3.05, 3.63) is 26.6 Å². The number of aromatic nitrogens is 1. The summed E-state index contributed by atoms with van der Waals surface area (Å²) in [4.78, 5) is 15.3. The van der Waals surface area contributed by atoms with Crippen LogP contribution < -0.4 is 0 Å². The quantitative estimate of drug-likeness (QED) is 0.474. The van der Waals surface area contributed by atoms with E-state index in [-0.39, 0.29) is 29.8 Å².